The van der Waals surface area contributed by atoms with Crippen molar-refractivity contribution in [1.29, 1.82) is 0 Å². The lowest BCUT2D eigenvalue weighted by molar-refractivity contribution is -0.385. The minimum absolute atomic E-state index is 0.0394. The van der Waals surface area contributed by atoms with Crippen LogP contribution >= 0.6 is 23.4 Å². The van der Waals surface area contributed by atoms with E-state index in [1.165, 1.54) is 30.0 Å². The number of thioether (sulfide) groups is 1. The molecule has 0 radical (unpaired) electrons. The maximum atomic E-state index is 12.8. The first-order valence-corrected chi connectivity index (χ1v) is 9.74. The minimum atomic E-state index is -0.622. The smallest absolute Gasteiger partial charge is 0.282 e. The average Bonchev–Trinajstić information content (AvgIpc) is 2.70. The first kappa shape index (κ1) is 19.7. The van der Waals surface area contributed by atoms with Crippen molar-refractivity contribution in [2.45, 2.75) is 4.90 Å². The van der Waals surface area contributed by atoms with E-state index in [0.717, 1.165) is 4.90 Å². The summed E-state index contributed by atoms with van der Waals surface area (Å²) in [4.78, 5) is 24.3. The van der Waals surface area contributed by atoms with Gasteiger partial charge in [0.05, 0.1) is 10.6 Å². The summed E-state index contributed by atoms with van der Waals surface area (Å²) in [6.07, 6.45) is 1.83. The number of nitrogens with one attached hydrogen (secondary N) is 1. The molecule has 1 N–H and O–H groups in total. The number of nitro groups is 1. The van der Waals surface area contributed by atoms with Gasteiger partial charge in [0.15, 0.2) is 5.75 Å². The number of para-hydroxylation sites is 1. The zero-order chi connectivity index (χ0) is 20.1. The summed E-state index contributed by atoms with van der Waals surface area (Å²) in [6.45, 7) is 0. The molecule has 3 aromatic rings. The third-order valence-electron chi connectivity index (χ3n) is 3.81. The summed E-state index contributed by atoms with van der Waals surface area (Å²) in [6, 6.07) is 18.2. The van der Waals surface area contributed by atoms with E-state index in [1.54, 1.807) is 30.3 Å². The Labute approximate surface area is 170 Å². The van der Waals surface area contributed by atoms with Crippen LogP contribution in [-0.2, 0) is 0 Å². The summed E-state index contributed by atoms with van der Waals surface area (Å²) < 4.78 is 5.81. The number of carbonyl (C=O) groups is 1. The molecule has 6 nitrogen and oxygen atoms in total. The van der Waals surface area contributed by atoms with Crippen molar-refractivity contribution in [1.82, 2.24) is 0 Å². The van der Waals surface area contributed by atoms with Gasteiger partial charge >= 0.3 is 0 Å². The molecule has 0 aliphatic rings. The number of hydrogen-bond acceptors (Lipinski definition) is 5. The van der Waals surface area contributed by atoms with Crippen molar-refractivity contribution >= 4 is 40.6 Å². The highest BCUT2D eigenvalue weighted by atomic mass is 35.5. The standard InChI is InChI=1S/C20H15ClN2O4S/c1-28-15-8-9-18(23(25)26)16(12-15)20(24)22-17-11-13(21)7-10-19(17)27-14-5-3-2-4-6-14/h2-12H,1H3,(H,22,24). The first-order valence-electron chi connectivity index (χ1n) is 8.14. The van der Waals surface area contributed by atoms with Gasteiger partial charge in [0, 0.05) is 16.0 Å². The fourth-order valence-corrected chi connectivity index (χ4v) is 3.09. The third-order valence-corrected chi connectivity index (χ3v) is 4.77. The van der Waals surface area contributed by atoms with Crippen molar-refractivity contribution in [3.8, 4) is 11.5 Å². The maximum Gasteiger partial charge on any atom is 0.282 e. The Morgan fingerprint density at radius 2 is 1.86 bits per heavy atom. The van der Waals surface area contributed by atoms with E-state index >= 15 is 0 Å². The lowest BCUT2D eigenvalue weighted by Crippen LogP contribution is -2.14. The lowest BCUT2D eigenvalue weighted by atomic mass is 10.1. The number of carbonyl (C=O) groups excluding carboxylic acids is 1. The number of benzene rings is 3. The van der Waals surface area contributed by atoms with Crippen molar-refractivity contribution in [2.75, 3.05) is 11.6 Å². The number of rotatable bonds is 6. The van der Waals surface area contributed by atoms with E-state index in [9.17, 15) is 14.9 Å². The van der Waals surface area contributed by atoms with Gasteiger partial charge in [-0.15, -0.1) is 11.8 Å². The van der Waals surface area contributed by atoms with E-state index in [1.807, 2.05) is 24.5 Å². The van der Waals surface area contributed by atoms with Crippen LogP contribution < -0.4 is 10.1 Å². The number of anilines is 1. The van der Waals surface area contributed by atoms with Crippen LogP contribution in [-0.4, -0.2) is 17.1 Å². The number of halogens is 1. The Bertz CT molecular complexity index is 1030. The fourth-order valence-electron chi connectivity index (χ4n) is 2.48. The van der Waals surface area contributed by atoms with Crippen LogP contribution in [0.5, 0.6) is 11.5 Å². The number of nitro benzene ring substituents is 1. The van der Waals surface area contributed by atoms with Gasteiger partial charge in [0.1, 0.15) is 11.3 Å². The van der Waals surface area contributed by atoms with E-state index in [4.69, 9.17) is 16.3 Å². The summed E-state index contributed by atoms with van der Waals surface area (Å²) in [5.74, 6) is 0.325. The van der Waals surface area contributed by atoms with Gasteiger partial charge in [-0.2, -0.15) is 0 Å². The molecule has 8 heteroatoms. The van der Waals surface area contributed by atoms with Crippen LogP contribution in [0.3, 0.4) is 0 Å². The van der Waals surface area contributed by atoms with E-state index in [0.29, 0.717) is 22.2 Å². The molecule has 1 amide bonds. The molecular weight excluding hydrogens is 400 g/mol. The summed E-state index contributed by atoms with van der Waals surface area (Å²) in [5.41, 5.74) is -0.00412. The molecule has 0 aromatic heterocycles. The quantitative estimate of drug-likeness (QED) is 0.303. The van der Waals surface area contributed by atoms with Crippen LogP contribution in [0, 0.1) is 10.1 Å². The second-order valence-electron chi connectivity index (χ2n) is 5.65. The highest BCUT2D eigenvalue weighted by Gasteiger charge is 2.22. The van der Waals surface area contributed by atoms with Gasteiger partial charge in [-0.25, -0.2) is 0 Å². The fraction of sp³-hybridized carbons (Fsp3) is 0.0500. The van der Waals surface area contributed by atoms with E-state index in [2.05, 4.69) is 5.32 Å². The highest BCUT2D eigenvalue weighted by Crippen LogP contribution is 2.33. The molecule has 28 heavy (non-hydrogen) atoms. The normalized spacial score (nSPS) is 10.4. The van der Waals surface area contributed by atoms with E-state index in [-0.39, 0.29) is 11.3 Å². The Hall–Kier alpha value is -3.03. The molecule has 0 heterocycles. The molecule has 0 aliphatic heterocycles. The van der Waals surface area contributed by atoms with Crippen LogP contribution in [0.1, 0.15) is 10.4 Å². The van der Waals surface area contributed by atoms with Crippen molar-refractivity contribution in [2.24, 2.45) is 0 Å². The SMILES string of the molecule is CSc1ccc([N+](=O)[O-])c(C(=O)Nc2cc(Cl)ccc2Oc2ccccc2)c1. The number of hydrogen-bond donors (Lipinski definition) is 1. The van der Waals surface area contributed by atoms with Gasteiger partial charge < -0.3 is 10.1 Å². The zero-order valence-electron chi connectivity index (χ0n) is 14.7. The number of nitrogens with zero attached hydrogens (tertiary/aromatic N) is 1. The second-order valence-corrected chi connectivity index (χ2v) is 6.97. The molecule has 0 aliphatic carbocycles. The lowest BCUT2D eigenvalue weighted by Gasteiger charge is -2.13. The molecule has 0 saturated carbocycles. The summed E-state index contributed by atoms with van der Waals surface area (Å²) in [5, 5.41) is 14.4. The van der Waals surface area contributed by atoms with Crippen LogP contribution in [0.2, 0.25) is 5.02 Å². The van der Waals surface area contributed by atoms with E-state index < -0.39 is 10.8 Å². The van der Waals surface area contributed by atoms with Crippen LogP contribution in [0.15, 0.2) is 71.6 Å². The summed E-state index contributed by atoms with van der Waals surface area (Å²) >= 11 is 7.45. The Kier molecular flexibility index (Phi) is 6.18. The Morgan fingerprint density at radius 3 is 2.54 bits per heavy atom. The topological polar surface area (TPSA) is 81.5 Å². The third kappa shape index (κ3) is 4.62. The van der Waals surface area contributed by atoms with Crippen LogP contribution in [0.25, 0.3) is 0 Å². The molecule has 0 atom stereocenters. The predicted octanol–water partition coefficient (Wildman–Crippen LogP) is 6.01. The largest absolute Gasteiger partial charge is 0.455 e. The Balaban J connectivity index is 1.94. The van der Waals surface area contributed by atoms with Crippen LogP contribution in [0.4, 0.5) is 11.4 Å². The van der Waals surface area contributed by atoms with Gasteiger partial charge in [0.25, 0.3) is 11.6 Å². The predicted molar refractivity (Wildman–Crippen MR) is 111 cm³/mol. The van der Waals surface area contributed by atoms with Gasteiger partial charge in [-0.1, -0.05) is 29.8 Å². The molecule has 3 rings (SSSR count). The van der Waals surface area contributed by atoms with Crippen molar-refractivity contribution < 1.29 is 14.5 Å². The zero-order valence-corrected chi connectivity index (χ0v) is 16.3. The Morgan fingerprint density at radius 1 is 1.11 bits per heavy atom. The second kappa shape index (κ2) is 8.77. The molecule has 0 bridgehead atoms. The molecule has 0 spiro atoms. The molecule has 0 saturated heterocycles. The molecular formula is C20H15ClN2O4S. The molecule has 142 valence electrons. The maximum absolute atomic E-state index is 12.8. The molecule has 0 fully saturated rings. The minimum Gasteiger partial charge on any atom is -0.455 e. The van der Waals surface area contributed by atoms with Gasteiger partial charge in [0.2, 0.25) is 0 Å². The number of ether oxygens (including phenoxy) is 1. The molecule has 3 aromatic carbocycles. The van der Waals surface area contributed by atoms with Gasteiger partial charge in [-0.05, 0) is 48.7 Å². The van der Waals surface area contributed by atoms with Crippen molar-refractivity contribution in [3.63, 3.8) is 0 Å². The number of amides is 1. The molecule has 0 unspecified atom stereocenters. The monoisotopic (exact) mass is 414 g/mol. The highest BCUT2D eigenvalue weighted by molar-refractivity contribution is 7.98. The first-order chi connectivity index (χ1) is 13.5. The van der Waals surface area contributed by atoms with Gasteiger partial charge in [-0.3, -0.25) is 14.9 Å². The average molecular weight is 415 g/mol. The summed E-state index contributed by atoms with van der Waals surface area (Å²) in [7, 11) is 0. The van der Waals surface area contributed by atoms with Crippen molar-refractivity contribution in [3.05, 3.63) is 87.4 Å².